The molecule has 2 atom stereocenters. The molecule has 0 saturated carbocycles. The second kappa shape index (κ2) is 8.70. The van der Waals surface area contributed by atoms with Crippen molar-refractivity contribution in [2.75, 3.05) is 5.32 Å². The third-order valence-electron chi connectivity index (χ3n) is 4.96. The number of hydrogen-bond acceptors (Lipinski definition) is 5. The summed E-state index contributed by atoms with van der Waals surface area (Å²) in [6, 6.07) is 3.96. The fourth-order valence-electron chi connectivity index (χ4n) is 3.53. The number of fused-ring (bicyclic) bond motifs is 1. The van der Waals surface area contributed by atoms with Crippen LogP contribution in [-0.2, 0) is 9.59 Å². The molecule has 1 aromatic carbocycles. The molecule has 0 bridgehead atoms. The van der Waals surface area contributed by atoms with Crippen LogP contribution in [-0.4, -0.2) is 50.4 Å². The van der Waals surface area contributed by atoms with Crippen molar-refractivity contribution in [3.8, 4) is 0 Å². The zero-order chi connectivity index (χ0) is 22.9. The minimum Gasteiger partial charge on any atom is -0.481 e. The third-order valence-corrected chi connectivity index (χ3v) is 4.96. The molecule has 0 saturated heterocycles. The Bertz CT molecular complexity index is 1090. The van der Waals surface area contributed by atoms with Gasteiger partial charge in [0, 0.05) is 29.1 Å². The number of carbonyl (C=O) groups excluding carboxylic acids is 2. The number of carboxylic acids is 1. The van der Waals surface area contributed by atoms with E-state index in [-0.39, 0.29) is 17.6 Å². The van der Waals surface area contributed by atoms with Gasteiger partial charge in [-0.25, -0.2) is 4.39 Å². The quantitative estimate of drug-likeness (QED) is 0.289. The molecule has 2 aromatic rings. The van der Waals surface area contributed by atoms with Gasteiger partial charge >= 0.3 is 5.97 Å². The third kappa shape index (κ3) is 4.81. The van der Waals surface area contributed by atoms with Crippen molar-refractivity contribution in [3.63, 3.8) is 0 Å². The maximum Gasteiger partial charge on any atom is 0.305 e. The number of halogens is 1. The number of aromatic amines is 1. The largest absolute Gasteiger partial charge is 0.481 e. The topological polar surface area (TPSA) is 152 Å². The molecule has 0 aliphatic carbocycles. The molecule has 0 spiro atoms. The Morgan fingerprint density at radius 3 is 2.65 bits per heavy atom. The van der Waals surface area contributed by atoms with Gasteiger partial charge in [-0.15, -0.1) is 0 Å². The van der Waals surface area contributed by atoms with Gasteiger partial charge in [0.25, 0.3) is 11.8 Å². The fourth-order valence-corrected chi connectivity index (χ4v) is 3.53. The number of aliphatic hydroxyl groups excluding tert-OH is 2. The van der Waals surface area contributed by atoms with Crippen molar-refractivity contribution < 1.29 is 34.1 Å². The highest BCUT2D eigenvalue weighted by Gasteiger charge is 2.26. The van der Waals surface area contributed by atoms with Gasteiger partial charge in [-0.1, -0.05) is 0 Å². The number of aliphatic hydroxyl groups is 2. The van der Waals surface area contributed by atoms with E-state index < -0.39 is 42.4 Å². The Morgan fingerprint density at radius 1 is 1.26 bits per heavy atom. The number of anilines is 1. The van der Waals surface area contributed by atoms with E-state index in [0.717, 1.165) is 0 Å². The van der Waals surface area contributed by atoms with Gasteiger partial charge in [-0.05, 0) is 43.7 Å². The molecule has 6 N–H and O–H groups in total. The van der Waals surface area contributed by atoms with Gasteiger partial charge in [0.15, 0.2) is 0 Å². The summed E-state index contributed by atoms with van der Waals surface area (Å²) in [5.74, 6) is -2.74. The van der Waals surface area contributed by atoms with E-state index in [2.05, 4.69) is 15.6 Å². The molecule has 0 fully saturated rings. The van der Waals surface area contributed by atoms with Crippen molar-refractivity contribution in [1.82, 2.24) is 10.3 Å². The molecule has 1 aromatic heterocycles. The second-order valence-corrected chi connectivity index (χ2v) is 7.34. The first-order valence-electron chi connectivity index (χ1n) is 9.47. The molecular weight excluding hydrogens is 409 g/mol. The van der Waals surface area contributed by atoms with Gasteiger partial charge in [0.05, 0.1) is 23.7 Å². The number of nitrogens with one attached hydrogen (secondary N) is 3. The van der Waals surface area contributed by atoms with Gasteiger partial charge < -0.3 is 30.9 Å². The van der Waals surface area contributed by atoms with Crippen LogP contribution in [0.2, 0.25) is 0 Å². The predicted molar refractivity (Wildman–Crippen MR) is 110 cm³/mol. The standard InChI is InChI=1S/C21H22FN3O6/c1-9-16(8-14-13-5-11(22)3-4-15(13)24-20(14)30)23-10(2)19(9)21(31)25-17(27)6-12(26)7-18(28)29/h3-5,8,12,17,23,26-27H,6-7H2,1-2H3,(H,24,30)(H,25,31)(H,28,29)/t12-,17+/m1/s1. The van der Waals surface area contributed by atoms with Crippen molar-refractivity contribution in [2.45, 2.75) is 39.0 Å². The van der Waals surface area contributed by atoms with E-state index in [1.165, 1.54) is 24.3 Å². The maximum atomic E-state index is 13.6. The van der Waals surface area contributed by atoms with E-state index >= 15 is 0 Å². The smallest absolute Gasteiger partial charge is 0.305 e. The molecule has 9 nitrogen and oxygen atoms in total. The van der Waals surface area contributed by atoms with Crippen LogP contribution in [0.1, 0.15) is 45.7 Å². The Labute approximate surface area is 176 Å². The van der Waals surface area contributed by atoms with Crippen molar-refractivity contribution in [3.05, 3.63) is 52.1 Å². The second-order valence-electron chi connectivity index (χ2n) is 7.34. The Balaban J connectivity index is 1.82. The summed E-state index contributed by atoms with van der Waals surface area (Å²) in [4.78, 5) is 38.5. The lowest BCUT2D eigenvalue weighted by atomic mass is 10.0. The van der Waals surface area contributed by atoms with Crippen LogP contribution in [0, 0.1) is 19.7 Å². The molecule has 1 aliphatic heterocycles. The molecule has 10 heteroatoms. The van der Waals surface area contributed by atoms with E-state index in [4.69, 9.17) is 5.11 Å². The van der Waals surface area contributed by atoms with Crippen LogP contribution in [0.5, 0.6) is 0 Å². The van der Waals surface area contributed by atoms with Crippen LogP contribution in [0.4, 0.5) is 10.1 Å². The van der Waals surface area contributed by atoms with Gasteiger partial charge in [-0.3, -0.25) is 14.4 Å². The molecule has 3 rings (SSSR count). The van der Waals surface area contributed by atoms with E-state index in [0.29, 0.717) is 28.2 Å². The summed E-state index contributed by atoms with van der Waals surface area (Å²) in [6.45, 7) is 3.29. The van der Waals surface area contributed by atoms with Crippen LogP contribution < -0.4 is 10.6 Å². The summed E-state index contributed by atoms with van der Waals surface area (Å²) in [7, 11) is 0. The van der Waals surface area contributed by atoms with Crippen LogP contribution >= 0.6 is 0 Å². The van der Waals surface area contributed by atoms with Crippen LogP contribution in [0.3, 0.4) is 0 Å². The summed E-state index contributed by atoms with van der Waals surface area (Å²) in [5.41, 5.74) is 2.80. The first kappa shape index (κ1) is 22.2. The lowest BCUT2D eigenvalue weighted by molar-refractivity contribution is -0.139. The van der Waals surface area contributed by atoms with Gasteiger partial charge in [0.1, 0.15) is 12.0 Å². The normalized spacial score (nSPS) is 16.0. The first-order valence-corrected chi connectivity index (χ1v) is 9.47. The average molecular weight is 431 g/mol. The lowest BCUT2D eigenvalue weighted by Gasteiger charge is -2.16. The Hall–Kier alpha value is -3.50. The van der Waals surface area contributed by atoms with Gasteiger partial charge in [-0.2, -0.15) is 0 Å². The molecule has 1 aliphatic rings. The highest BCUT2D eigenvalue weighted by molar-refractivity contribution is 6.34. The number of rotatable bonds is 7. The number of H-pyrrole nitrogens is 1. The van der Waals surface area contributed by atoms with Crippen molar-refractivity contribution in [1.29, 1.82) is 0 Å². The number of aromatic nitrogens is 1. The minimum atomic E-state index is -1.45. The van der Waals surface area contributed by atoms with Crippen LogP contribution in [0.25, 0.3) is 11.6 Å². The van der Waals surface area contributed by atoms with Crippen molar-refractivity contribution >= 4 is 35.1 Å². The molecule has 2 amide bonds. The lowest BCUT2D eigenvalue weighted by Crippen LogP contribution is -2.38. The van der Waals surface area contributed by atoms with Gasteiger partial charge in [0.2, 0.25) is 0 Å². The molecular formula is C21H22FN3O6. The molecule has 0 radical (unpaired) electrons. The predicted octanol–water partition coefficient (Wildman–Crippen LogP) is 1.54. The summed E-state index contributed by atoms with van der Waals surface area (Å²) in [5, 5.41) is 33.2. The highest BCUT2D eigenvalue weighted by Crippen LogP contribution is 2.34. The number of hydrogen-bond donors (Lipinski definition) is 6. The first-order chi connectivity index (χ1) is 14.6. The van der Waals surface area contributed by atoms with Crippen molar-refractivity contribution in [2.24, 2.45) is 0 Å². The van der Waals surface area contributed by atoms with E-state index in [1.807, 2.05) is 0 Å². The van der Waals surface area contributed by atoms with Crippen LogP contribution in [0.15, 0.2) is 18.2 Å². The summed E-state index contributed by atoms with van der Waals surface area (Å²) in [6.07, 6.45) is -2.15. The SMILES string of the molecule is Cc1[nH]c(C=C2C(=O)Nc3ccc(F)cc32)c(C)c1C(=O)N[C@@H](O)C[C@@H](O)CC(=O)O. The average Bonchev–Trinajstić information content (AvgIpc) is 3.10. The molecule has 31 heavy (non-hydrogen) atoms. The zero-order valence-corrected chi connectivity index (χ0v) is 16.8. The molecule has 0 unspecified atom stereocenters. The van der Waals surface area contributed by atoms with E-state index in [1.54, 1.807) is 13.8 Å². The number of carbonyl (C=O) groups is 3. The van der Waals surface area contributed by atoms with E-state index in [9.17, 15) is 29.0 Å². The highest BCUT2D eigenvalue weighted by atomic mass is 19.1. The number of benzene rings is 1. The number of aliphatic carboxylic acids is 1. The number of amides is 2. The number of carboxylic acid groups (broad SMARTS) is 1. The molecule has 2 heterocycles. The minimum absolute atomic E-state index is 0.233. The summed E-state index contributed by atoms with van der Waals surface area (Å²) >= 11 is 0. The fraction of sp³-hybridized carbons (Fsp3) is 0.286. The monoisotopic (exact) mass is 431 g/mol. The maximum absolute atomic E-state index is 13.6. The Kier molecular flexibility index (Phi) is 6.23. The molecule has 164 valence electrons. The Morgan fingerprint density at radius 2 is 1.97 bits per heavy atom. The summed E-state index contributed by atoms with van der Waals surface area (Å²) < 4.78 is 13.6. The zero-order valence-electron chi connectivity index (χ0n) is 16.8. The number of aryl methyl sites for hydroxylation is 1.